The molecule has 1 aromatic heterocycles. The standard InChI is InChI=1S/C34H32I2N2O7S/c1-5-42-26-13-10-22(17-27(26)43-6-2)30-24(33(40)41-4)18-37-34-38(30)32(39)29(46-34)16-21-14-25(36)31(28(15-21)44-7-3)45-19-20-8-11-23(35)12-9-20/h8-18,30H,5-7,19H2,1-4H3/b29-16-/t30-/m0/s1. The number of ether oxygens (including phenoxy) is 5. The summed E-state index contributed by atoms with van der Waals surface area (Å²) in [5, 5.41) is 0. The first-order valence-corrected chi connectivity index (χ1v) is 17.6. The fourth-order valence-corrected chi connectivity index (χ4v) is 7.06. The summed E-state index contributed by atoms with van der Waals surface area (Å²) in [6.45, 7) is 7.41. The third-order valence-corrected chi connectivity index (χ3v) is 9.45. The maximum Gasteiger partial charge on any atom is 0.337 e. The van der Waals surface area contributed by atoms with Crippen molar-refractivity contribution in [3.8, 4) is 23.0 Å². The fourth-order valence-electron chi connectivity index (χ4n) is 4.95. The van der Waals surface area contributed by atoms with Gasteiger partial charge in [0, 0.05) is 9.77 Å². The molecule has 1 aliphatic rings. The monoisotopic (exact) mass is 866 g/mol. The molecule has 0 spiro atoms. The Kier molecular flexibility index (Phi) is 11.4. The van der Waals surface area contributed by atoms with Gasteiger partial charge in [-0.15, -0.1) is 0 Å². The largest absolute Gasteiger partial charge is 0.490 e. The third kappa shape index (κ3) is 7.44. The van der Waals surface area contributed by atoms with Crippen LogP contribution < -0.4 is 33.8 Å². The number of esters is 1. The predicted molar refractivity (Wildman–Crippen MR) is 194 cm³/mol. The summed E-state index contributed by atoms with van der Waals surface area (Å²) >= 11 is 5.74. The topological polar surface area (TPSA) is 97.6 Å². The molecule has 46 heavy (non-hydrogen) atoms. The molecule has 4 aromatic rings. The van der Waals surface area contributed by atoms with Crippen LogP contribution in [0.4, 0.5) is 0 Å². The average molecular weight is 867 g/mol. The van der Waals surface area contributed by atoms with E-state index in [2.05, 4.69) is 50.2 Å². The van der Waals surface area contributed by atoms with Crippen molar-refractivity contribution in [3.05, 3.63) is 110 Å². The van der Waals surface area contributed by atoms with Crippen LogP contribution in [0.1, 0.15) is 43.5 Å². The van der Waals surface area contributed by atoms with Gasteiger partial charge in [-0.2, -0.15) is 0 Å². The lowest BCUT2D eigenvalue weighted by atomic mass is 9.97. The minimum Gasteiger partial charge on any atom is -0.490 e. The lowest BCUT2D eigenvalue weighted by molar-refractivity contribution is -0.136. The van der Waals surface area contributed by atoms with Gasteiger partial charge in [0.25, 0.3) is 5.56 Å². The molecule has 0 radical (unpaired) electrons. The van der Waals surface area contributed by atoms with E-state index in [1.807, 2.05) is 63.2 Å². The second kappa shape index (κ2) is 15.5. The molecule has 12 heteroatoms. The zero-order valence-electron chi connectivity index (χ0n) is 25.7. The number of rotatable bonds is 12. The van der Waals surface area contributed by atoms with Crippen LogP contribution in [0.2, 0.25) is 0 Å². The number of halogens is 2. The van der Waals surface area contributed by atoms with Crippen molar-refractivity contribution in [2.45, 2.75) is 33.4 Å². The van der Waals surface area contributed by atoms with Gasteiger partial charge in [-0.05, 0) is 125 Å². The number of methoxy groups -OCH3 is 1. The fraction of sp³-hybridized carbons (Fsp3) is 0.265. The molecule has 0 N–H and O–H groups in total. The average Bonchev–Trinajstić information content (AvgIpc) is 3.36. The minimum atomic E-state index is -0.781. The molecule has 0 amide bonds. The van der Waals surface area contributed by atoms with Crippen molar-refractivity contribution in [1.29, 1.82) is 0 Å². The van der Waals surface area contributed by atoms with Gasteiger partial charge < -0.3 is 23.7 Å². The molecule has 240 valence electrons. The number of hydrogen-bond acceptors (Lipinski definition) is 9. The van der Waals surface area contributed by atoms with Crippen molar-refractivity contribution in [3.63, 3.8) is 0 Å². The molecule has 1 aliphatic heterocycles. The summed E-state index contributed by atoms with van der Waals surface area (Å²) < 4.78 is 32.8. The van der Waals surface area contributed by atoms with Gasteiger partial charge >= 0.3 is 5.97 Å². The van der Waals surface area contributed by atoms with Gasteiger partial charge in [-0.3, -0.25) is 9.36 Å². The van der Waals surface area contributed by atoms with Crippen molar-refractivity contribution in [1.82, 2.24) is 4.57 Å². The first-order chi connectivity index (χ1) is 22.3. The van der Waals surface area contributed by atoms with E-state index in [1.54, 1.807) is 18.2 Å². The van der Waals surface area contributed by atoms with Crippen LogP contribution >= 0.6 is 56.5 Å². The Balaban J connectivity index is 1.57. The molecule has 0 aliphatic carbocycles. The number of carbonyl (C=O) groups is 1. The maximum atomic E-state index is 14.1. The van der Waals surface area contributed by atoms with Crippen LogP contribution in [-0.2, 0) is 16.1 Å². The van der Waals surface area contributed by atoms with Gasteiger partial charge in [-0.25, -0.2) is 9.79 Å². The van der Waals surface area contributed by atoms with E-state index in [-0.39, 0.29) is 11.1 Å². The quantitative estimate of drug-likeness (QED) is 0.127. The second-order valence-corrected chi connectivity index (χ2v) is 13.3. The Morgan fingerprint density at radius 2 is 1.61 bits per heavy atom. The van der Waals surface area contributed by atoms with Crippen LogP contribution in [-0.4, -0.2) is 37.5 Å². The van der Waals surface area contributed by atoms with Crippen LogP contribution in [0.3, 0.4) is 0 Å². The Morgan fingerprint density at radius 3 is 2.30 bits per heavy atom. The lowest BCUT2D eigenvalue weighted by Gasteiger charge is -2.23. The van der Waals surface area contributed by atoms with Gasteiger partial charge in [0.1, 0.15) is 6.61 Å². The number of hydrogen-bond donors (Lipinski definition) is 0. The summed E-state index contributed by atoms with van der Waals surface area (Å²) in [5.41, 5.74) is 2.42. The molecular weight excluding hydrogens is 834 g/mol. The van der Waals surface area contributed by atoms with E-state index in [4.69, 9.17) is 23.7 Å². The van der Waals surface area contributed by atoms with Crippen LogP contribution in [0.5, 0.6) is 23.0 Å². The molecule has 2 heterocycles. The highest BCUT2D eigenvalue weighted by molar-refractivity contribution is 14.1. The molecule has 0 bridgehead atoms. The van der Waals surface area contributed by atoms with Gasteiger partial charge in [0.15, 0.2) is 27.8 Å². The lowest BCUT2D eigenvalue weighted by Crippen LogP contribution is -2.39. The molecule has 0 fully saturated rings. The van der Waals surface area contributed by atoms with Crippen LogP contribution in [0.15, 0.2) is 76.2 Å². The van der Waals surface area contributed by atoms with E-state index >= 15 is 0 Å². The number of carbonyl (C=O) groups excluding carboxylic acids is 1. The highest BCUT2D eigenvalue weighted by Gasteiger charge is 2.31. The molecule has 0 saturated carbocycles. The Bertz CT molecular complexity index is 1950. The van der Waals surface area contributed by atoms with E-state index in [0.29, 0.717) is 64.3 Å². The number of benzene rings is 3. The van der Waals surface area contributed by atoms with E-state index in [0.717, 1.165) is 18.3 Å². The van der Waals surface area contributed by atoms with Gasteiger partial charge in [-0.1, -0.05) is 29.5 Å². The smallest absolute Gasteiger partial charge is 0.337 e. The van der Waals surface area contributed by atoms with Crippen molar-refractivity contribution >= 4 is 68.6 Å². The molecular formula is C34H32I2N2O7S. The number of fused-ring (bicyclic) bond motifs is 1. The summed E-state index contributed by atoms with van der Waals surface area (Å²) in [4.78, 5) is 31.9. The molecule has 0 unspecified atom stereocenters. The van der Waals surface area contributed by atoms with E-state index < -0.39 is 12.0 Å². The summed E-state index contributed by atoms with van der Waals surface area (Å²) in [6, 6.07) is 16.6. The molecule has 9 nitrogen and oxygen atoms in total. The first kappa shape index (κ1) is 34.0. The first-order valence-electron chi connectivity index (χ1n) is 14.6. The van der Waals surface area contributed by atoms with E-state index in [9.17, 15) is 9.59 Å². The number of nitrogens with zero attached hydrogens (tertiary/aromatic N) is 2. The highest BCUT2D eigenvalue weighted by Crippen LogP contribution is 2.36. The SMILES string of the molecule is CCOc1ccc([C@H]2C(C(=O)OC)=CN=c3s/c(=C\c4cc(I)c(OCc5ccc(I)cc5)c(OCC)c4)c(=O)n32)cc1OCC. The van der Waals surface area contributed by atoms with Crippen molar-refractivity contribution in [2.24, 2.45) is 4.99 Å². The summed E-state index contributed by atoms with van der Waals surface area (Å²) in [5.74, 6) is 1.75. The second-order valence-electron chi connectivity index (χ2n) is 9.93. The number of thiazole rings is 1. The highest BCUT2D eigenvalue weighted by atomic mass is 127. The van der Waals surface area contributed by atoms with Crippen LogP contribution in [0, 0.1) is 7.14 Å². The Labute approximate surface area is 297 Å². The predicted octanol–water partition coefficient (Wildman–Crippen LogP) is 6.00. The Morgan fingerprint density at radius 1 is 0.913 bits per heavy atom. The molecule has 5 rings (SSSR count). The summed E-state index contributed by atoms with van der Waals surface area (Å²) in [7, 11) is 1.31. The number of aromatic nitrogens is 1. The van der Waals surface area contributed by atoms with Gasteiger partial charge in [0.05, 0.1) is 46.6 Å². The van der Waals surface area contributed by atoms with E-state index in [1.165, 1.54) is 29.2 Å². The van der Waals surface area contributed by atoms with Crippen molar-refractivity contribution < 1.29 is 28.5 Å². The summed E-state index contributed by atoms with van der Waals surface area (Å²) in [6.07, 6.45) is 3.28. The normalized spacial score (nSPS) is 14.2. The van der Waals surface area contributed by atoms with Crippen molar-refractivity contribution in [2.75, 3.05) is 26.9 Å². The maximum absolute atomic E-state index is 14.1. The zero-order valence-corrected chi connectivity index (χ0v) is 30.8. The van der Waals surface area contributed by atoms with Crippen LogP contribution in [0.25, 0.3) is 6.08 Å². The molecule has 1 atom stereocenters. The molecule has 3 aromatic carbocycles. The molecule has 0 saturated heterocycles. The third-order valence-electron chi connectivity index (χ3n) is 6.93. The van der Waals surface area contributed by atoms with Gasteiger partial charge in [0.2, 0.25) is 0 Å². The zero-order chi connectivity index (χ0) is 32.8. The Hall–Kier alpha value is -3.37. The minimum absolute atomic E-state index is 0.232.